The van der Waals surface area contributed by atoms with E-state index in [0.717, 1.165) is 0 Å². The van der Waals surface area contributed by atoms with Crippen molar-refractivity contribution in [1.82, 2.24) is 0 Å². The Labute approximate surface area is 56.9 Å². The van der Waals surface area contributed by atoms with Crippen LogP contribution < -0.4 is 0 Å². The molecular weight excluding hydrogens is 168 g/mol. The molecule has 10 heavy (non-hydrogen) atoms. The lowest BCUT2D eigenvalue weighted by molar-refractivity contribution is -0.134. The van der Waals surface area contributed by atoms with Gasteiger partial charge in [-0.05, 0) is 4.57 Å². The van der Waals surface area contributed by atoms with Crippen molar-refractivity contribution in [2.24, 2.45) is 0 Å². The maximum atomic E-state index is 11.3. The van der Waals surface area contributed by atoms with Gasteiger partial charge >= 0.3 is 14.2 Å². The van der Waals surface area contributed by atoms with Gasteiger partial charge in [-0.1, -0.05) is 0 Å². The Balaban J connectivity index is 3.29. The van der Waals surface area contributed by atoms with Crippen LogP contribution in [-0.2, 0) is 4.57 Å². The Kier molecular flexibility index (Phi) is 3.83. The van der Waals surface area contributed by atoms with Gasteiger partial charge in [-0.25, -0.2) is 0 Å². The van der Waals surface area contributed by atoms with E-state index in [0.29, 0.717) is 0 Å². The Bertz CT molecular complexity index is 122. The van der Waals surface area contributed by atoms with E-state index in [2.05, 4.69) is 0 Å². The molecule has 0 aromatic carbocycles. The largest absolute Gasteiger partial charge is 0.505 e. The van der Waals surface area contributed by atoms with Crippen LogP contribution in [0.25, 0.3) is 0 Å². The average Bonchev–Trinajstić information content (AvgIpc) is 1.59. The van der Waals surface area contributed by atoms with E-state index in [9.17, 15) is 17.7 Å². The third-order valence-corrected chi connectivity index (χ3v) is 1.51. The van der Waals surface area contributed by atoms with E-state index < -0.39 is 20.6 Å². The fraction of sp³-hybridized carbons (Fsp3) is 1.00. The summed E-state index contributed by atoms with van der Waals surface area (Å²) < 4.78 is 43.9. The fourth-order valence-corrected chi connectivity index (χ4v) is 0.843. The first-order valence-electron chi connectivity index (χ1n) is 2.62. The lowest BCUT2D eigenvalue weighted by atomic mass is 10.3. The second kappa shape index (κ2) is 3.88. The van der Waals surface area contributed by atoms with Gasteiger partial charge in [0.1, 0.15) is 0 Å². The standard InChI is InChI=1S/C4H6F3O2P/c5-4(6,7)2-1-3-10(8)9/h1-3H2/p+1. The lowest BCUT2D eigenvalue weighted by Gasteiger charge is -2.00. The van der Waals surface area contributed by atoms with Crippen LogP contribution in [-0.4, -0.2) is 17.2 Å². The Morgan fingerprint density at radius 1 is 1.40 bits per heavy atom. The Morgan fingerprint density at radius 3 is 2.20 bits per heavy atom. The van der Waals surface area contributed by atoms with Gasteiger partial charge in [-0.15, -0.1) is 0 Å². The first-order chi connectivity index (χ1) is 4.42. The summed E-state index contributed by atoms with van der Waals surface area (Å²) in [6.07, 6.45) is -5.72. The van der Waals surface area contributed by atoms with E-state index in [-0.39, 0.29) is 12.6 Å². The van der Waals surface area contributed by atoms with Crippen LogP contribution in [0, 0.1) is 0 Å². The summed E-state index contributed by atoms with van der Waals surface area (Å²) >= 11 is 0. The second-order valence-corrected chi connectivity index (χ2v) is 2.95. The molecule has 0 bridgehead atoms. The zero-order valence-electron chi connectivity index (χ0n) is 5.06. The van der Waals surface area contributed by atoms with Crippen molar-refractivity contribution in [1.29, 1.82) is 0 Å². The maximum absolute atomic E-state index is 11.3. The summed E-state index contributed by atoms with van der Waals surface area (Å²) in [7, 11) is -2.40. The molecule has 0 radical (unpaired) electrons. The van der Waals surface area contributed by atoms with Crippen molar-refractivity contribution in [3.05, 3.63) is 0 Å². The molecule has 0 aromatic heterocycles. The topological polar surface area (TPSA) is 37.3 Å². The number of halogens is 3. The summed E-state index contributed by atoms with van der Waals surface area (Å²) in [4.78, 5) is 8.09. The van der Waals surface area contributed by atoms with Crippen molar-refractivity contribution in [3.8, 4) is 0 Å². The Morgan fingerprint density at radius 2 is 1.90 bits per heavy atom. The molecule has 1 unspecified atom stereocenters. The third kappa shape index (κ3) is 7.85. The van der Waals surface area contributed by atoms with Crippen molar-refractivity contribution in [2.45, 2.75) is 19.0 Å². The number of hydrogen-bond donors (Lipinski definition) is 1. The van der Waals surface area contributed by atoms with Crippen molar-refractivity contribution in [3.63, 3.8) is 0 Å². The normalized spacial score (nSPS) is 13.4. The minimum absolute atomic E-state index is 0.269. The average molecular weight is 175 g/mol. The maximum Gasteiger partial charge on any atom is 0.505 e. The highest BCUT2D eigenvalue weighted by Gasteiger charge is 2.28. The molecule has 0 aliphatic carbocycles. The molecule has 0 heterocycles. The van der Waals surface area contributed by atoms with E-state index in [1.165, 1.54) is 0 Å². The van der Waals surface area contributed by atoms with Crippen LogP contribution >= 0.6 is 8.03 Å². The number of alkyl halides is 3. The molecule has 1 atom stereocenters. The monoisotopic (exact) mass is 175 g/mol. The summed E-state index contributed by atoms with van der Waals surface area (Å²) in [6, 6.07) is 0. The van der Waals surface area contributed by atoms with E-state index >= 15 is 0 Å². The van der Waals surface area contributed by atoms with Crippen LogP contribution in [0.5, 0.6) is 0 Å². The van der Waals surface area contributed by atoms with Gasteiger partial charge in [-0.3, -0.25) is 0 Å². The molecule has 0 rings (SSSR count). The molecule has 6 heteroatoms. The van der Waals surface area contributed by atoms with Gasteiger partial charge in [0.05, 0.1) is 0 Å². The van der Waals surface area contributed by atoms with E-state index in [1.807, 2.05) is 0 Å². The molecule has 60 valence electrons. The van der Waals surface area contributed by atoms with Crippen LogP contribution in [0.2, 0.25) is 0 Å². The zero-order chi connectivity index (χ0) is 8.20. The first kappa shape index (κ1) is 9.85. The second-order valence-electron chi connectivity index (χ2n) is 1.79. The number of hydrogen-bond acceptors (Lipinski definition) is 1. The van der Waals surface area contributed by atoms with Crippen LogP contribution in [0.3, 0.4) is 0 Å². The molecule has 0 saturated heterocycles. The molecule has 2 nitrogen and oxygen atoms in total. The molecular formula is C4H7F3O2P+. The molecule has 0 spiro atoms. The predicted octanol–water partition coefficient (Wildman–Crippen LogP) is 2.06. The quantitative estimate of drug-likeness (QED) is 0.666. The molecule has 0 fully saturated rings. The van der Waals surface area contributed by atoms with Gasteiger partial charge in [0.2, 0.25) is 0 Å². The van der Waals surface area contributed by atoms with Crippen molar-refractivity contribution >= 4 is 8.03 Å². The van der Waals surface area contributed by atoms with Gasteiger partial charge in [0.25, 0.3) is 0 Å². The molecule has 0 aromatic rings. The van der Waals surface area contributed by atoms with Gasteiger partial charge in [0, 0.05) is 12.8 Å². The highest BCUT2D eigenvalue weighted by atomic mass is 31.1. The van der Waals surface area contributed by atoms with Crippen molar-refractivity contribution < 1.29 is 22.6 Å². The molecule has 0 aliphatic rings. The van der Waals surface area contributed by atoms with Crippen LogP contribution in [0.15, 0.2) is 0 Å². The van der Waals surface area contributed by atoms with E-state index in [1.54, 1.807) is 0 Å². The SMILES string of the molecule is O=[P+](O)CCCC(F)(F)F. The highest BCUT2D eigenvalue weighted by Crippen LogP contribution is 2.24. The summed E-state index contributed by atoms with van der Waals surface area (Å²) in [5.74, 6) is 0. The van der Waals surface area contributed by atoms with Crippen LogP contribution in [0.4, 0.5) is 13.2 Å². The molecule has 1 N–H and O–H groups in total. The Hall–Kier alpha value is -0.150. The molecule has 0 amide bonds. The summed E-state index contributed by atoms with van der Waals surface area (Å²) in [5, 5.41) is 0. The smallest absolute Gasteiger partial charge is 0.171 e. The van der Waals surface area contributed by atoms with Gasteiger partial charge in [-0.2, -0.15) is 18.1 Å². The molecule has 0 saturated carbocycles. The van der Waals surface area contributed by atoms with Crippen LogP contribution in [0.1, 0.15) is 12.8 Å². The number of rotatable bonds is 3. The lowest BCUT2D eigenvalue weighted by Crippen LogP contribution is -2.06. The minimum Gasteiger partial charge on any atom is -0.171 e. The summed E-state index contributed by atoms with van der Waals surface area (Å²) in [6.45, 7) is 0. The predicted molar refractivity (Wildman–Crippen MR) is 30.0 cm³/mol. The van der Waals surface area contributed by atoms with Gasteiger partial charge < -0.3 is 0 Å². The highest BCUT2D eigenvalue weighted by molar-refractivity contribution is 7.37. The third-order valence-electron chi connectivity index (χ3n) is 0.810. The first-order valence-corrected chi connectivity index (χ1v) is 4.02. The zero-order valence-corrected chi connectivity index (χ0v) is 5.95. The van der Waals surface area contributed by atoms with Crippen molar-refractivity contribution in [2.75, 3.05) is 6.16 Å². The molecule has 0 aliphatic heterocycles. The van der Waals surface area contributed by atoms with E-state index in [4.69, 9.17) is 4.89 Å². The van der Waals surface area contributed by atoms with Gasteiger partial charge in [0.15, 0.2) is 6.16 Å². The minimum atomic E-state index is -4.20. The summed E-state index contributed by atoms with van der Waals surface area (Å²) in [5.41, 5.74) is 0. The fourth-order valence-electron chi connectivity index (χ4n) is 0.415.